The quantitative estimate of drug-likeness (QED) is 0.383. The summed E-state index contributed by atoms with van der Waals surface area (Å²) in [6.07, 6.45) is 0. The van der Waals surface area contributed by atoms with Crippen LogP contribution in [0.25, 0.3) is 0 Å². The van der Waals surface area contributed by atoms with Crippen molar-refractivity contribution in [1.29, 1.82) is 0 Å². The SMILES string of the molecule is Clc1ccc([C@@H]2CN(Cc3ccc(N4CCOCC4)cc3)CCN2c2ccc(Cl)cc2Cl)cc1. The summed E-state index contributed by atoms with van der Waals surface area (Å²) in [6.45, 7) is 7.15. The Kier molecular flexibility index (Phi) is 7.52. The van der Waals surface area contributed by atoms with Gasteiger partial charge in [-0.15, -0.1) is 0 Å². The second kappa shape index (κ2) is 10.8. The molecule has 0 spiro atoms. The second-order valence-electron chi connectivity index (χ2n) is 8.86. The lowest BCUT2D eigenvalue weighted by molar-refractivity contribution is 0.122. The first-order chi connectivity index (χ1) is 16.6. The molecule has 4 nitrogen and oxygen atoms in total. The molecule has 0 bridgehead atoms. The lowest BCUT2D eigenvalue weighted by Gasteiger charge is -2.43. The van der Waals surface area contributed by atoms with Crippen molar-refractivity contribution >= 4 is 46.2 Å². The molecule has 0 unspecified atom stereocenters. The van der Waals surface area contributed by atoms with Crippen molar-refractivity contribution in [3.8, 4) is 0 Å². The van der Waals surface area contributed by atoms with Crippen molar-refractivity contribution in [1.82, 2.24) is 4.90 Å². The molecule has 0 radical (unpaired) electrons. The van der Waals surface area contributed by atoms with Gasteiger partial charge in [-0.2, -0.15) is 0 Å². The molecular formula is C27H28Cl3N3O. The maximum absolute atomic E-state index is 6.61. The molecule has 2 aliphatic rings. The third-order valence-corrected chi connectivity index (χ3v) is 7.45. The molecule has 34 heavy (non-hydrogen) atoms. The maximum atomic E-state index is 6.61. The van der Waals surface area contributed by atoms with Crippen LogP contribution in [-0.2, 0) is 11.3 Å². The molecule has 178 valence electrons. The molecule has 3 aromatic carbocycles. The molecule has 0 N–H and O–H groups in total. The van der Waals surface area contributed by atoms with Crippen LogP contribution in [0, 0.1) is 0 Å². The van der Waals surface area contributed by atoms with Gasteiger partial charge in [0.05, 0.1) is 30.0 Å². The van der Waals surface area contributed by atoms with E-state index in [1.165, 1.54) is 16.8 Å². The van der Waals surface area contributed by atoms with Crippen LogP contribution >= 0.6 is 34.8 Å². The zero-order valence-corrected chi connectivity index (χ0v) is 21.2. The highest BCUT2D eigenvalue weighted by molar-refractivity contribution is 6.36. The van der Waals surface area contributed by atoms with Gasteiger partial charge in [-0.1, -0.05) is 59.1 Å². The zero-order valence-electron chi connectivity index (χ0n) is 19.0. The molecular weight excluding hydrogens is 489 g/mol. The highest BCUT2D eigenvalue weighted by Gasteiger charge is 2.30. The molecule has 0 aromatic heterocycles. The van der Waals surface area contributed by atoms with Gasteiger partial charge in [0.15, 0.2) is 0 Å². The van der Waals surface area contributed by atoms with E-state index in [4.69, 9.17) is 39.5 Å². The predicted octanol–water partition coefficient (Wildman–Crippen LogP) is 6.55. The van der Waals surface area contributed by atoms with Crippen molar-refractivity contribution in [3.05, 3.63) is 92.9 Å². The number of nitrogens with zero attached hydrogens (tertiary/aromatic N) is 3. The van der Waals surface area contributed by atoms with Crippen LogP contribution in [0.2, 0.25) is 15.1 Å². The van der Waals surface area contributed by atoms with Gasteiger partial charge in [-0.25, -0.2) is 0 Å². The van der Waals surface area contributed by atoms with E-state index >= 15 is 0 Å². The van der Waals surface area contributed by atoms with Crippen molar-refractivity contribution < 1.29 is 4.74 Å². The number of rotatable bonds is 5. The fourth-order valence-electron chi connectivity index (χ4n) is 4.85. The van der Waals surface area contributed by atoms with Gasteiger partial charge in [0.2, 0.25) is 0 Å². The average molecular weight is 517 g/mol. The Bertz CT molecular complexity index is 1100. The van der Waals surface area contributed by atoms with E-state index < -0.39 is 0 Å². The van der Waals surface area contributed by atoms with Crippen molar-refractivity contribution in [3.63, 3.8) is 0 Å². The van der Waals surface area contributed by atoms with Crippen LogP contribution in [0.3, 0.4) is 0 Å². The summed E-state index contributed by atoms with van der Waals surface area (Å²) in [7, 11) is 0. The molecule has 0 saturated carbocycles. The van der Waals surface area contributed by atoms with Gasteiger partial charge in [0.25, 0.3) is 0 Å². The van der Waals surface area contributed by atoms with Gasteiger partial charge in [0, 0.05) is 55.0 Å². The minimum absolute atomic E-state index is 0.164. The van der Waals surface area contributed by atoms with E-state index in [1.54, 1.807) is 0 Å². The molecule has 7 heteroatoms. The predicted molar refractivity (Wildman–Crippen MR) is 143 cm³/mol. The van der Waals surface area contributed by atoms with Crippen LogP contribution in [0.1, 0.15) is 17.2 Å². The summed E-state index contributed by atoms with van der Waals surface area (Å²) < 4.78 is 5.48. The summed E-state index contributed by atoms with van der Waals surface area (Å²) in [4.78, 5) is 7.29. The highest BCUT2D eigenvalue weighted by atomic mass is 35.5. The number of anilines is 2. The topological polar surface area (TPSA) is 19.0 Å². The van der Waals surface area contributed by atoms with E-state index in [0.717, 1.165) is 63.2 Å². The lowest BCUT2D eigenvalue weighted by atomic mass is 10.0. The molecule has 2 saturated heterocycles. The van der Waals surface area contributed by atoms with Crippen LogP contribution in [-0.4, -0.2) is 50.8 Å². The standard InChI is InChI=1S/C27H28Cl3N3O/c28-22-5-3-21(4-6-22)27-19-31(11-12-33(27)26-10-7-23(29)17-25(26)30)18-20-1-8-24(9-2-20)32-13-15-34-16-14-32/h1-10,17,27H,11-16,18-19H2/t27-/m0/s1. The number of hydrogen-bond donors (Lipinski definition) is 0. The Balaban J connectivity index is 1.34. The zero-order chi connectivity index (χ0) is 23.5. The number of morpholine rings is 1. The summed E-state index contributed by atoms with van der Waals surface area (Å²) >= 11 is 19.0. The van der Waals surface area contributed by atoms with E-state index in [1.807, 2.05) is 30.3 Å². The first kappa shape index (κ1) is 23.8. The Labute approximate surface area is 216 Å². The number of halogens is 3. The monoisotopic (exact) mass is 515 g/mol. The van der Waals surface area contributed by atoms with Gasteiger partial charge in [0.1, 0.15) is 0 Å². The fraction of sp³-hybridized carbons (Fsp3) is 0.333. The third-order valence-electron chi connectivity index (χ3n) is 6.66. The van der Waals surface area contributed by atoms with Crippen molar-refractivity contribution in [2.45, 2.75) is 12.6 Å². The molecule has 2 aliphatic heterocycles. The number of ether oxygens (including phenoxy) is 1. The number of piperazine rings is 1. The van der Waals surface area contributed by atoms with Crippen LogP contribution < -0.4 is 9.80 Å². The van der Waals surface area contributed by atoms with Gasteiger partial charge in [-0.3, -0.25) is 4.90 Å². The number of hydrogen-bond acceptors (Lipinski definition) is 4. The Morgan fingerprint density at radius 2 is 1.47 bits per heavy atom. The Morgan fingerprint density at radius 3 is 2.18 bits per heavy atom. The Hall–Kier alpha value is -1.95. The van der Waals surface area contributed by atoms with E-state index in [9.17, 15) is 0 Å². The van der Waals surface area contributed by atoms with Crippen molar-refractivity contribution in [2.75, 3.05) is 55.7 Å². The normalized spacial score (nSPS) is 19.4. The average Bonchev–Trinajstić information content (AvgIpc) is 2.86. The Morgan fingerprint density at radius 1 is 0.765 bits per heavy atom. The van der Waals surface area contributed by atoms with Gasteiger partial charge in [-0.05, 0) is 53.6 Å². The largest absolute Gasteiger partial charge is 0.378 e. The summed E-state index contributed by atoms with van der Waals surface area (Å²) in [5.74, 6) is 0. The summed E-state index contributed by atoms with van der Waals surface area (Å²) in [6, 6.07) is 23.0. The van der Waals surface area contributed by atoms with Gasteiger partial charge >= 0.3 is 0 Å². The third kappa shape index (κ3) is 5.48. The maximum Gasteiger partial charge on any atom is 0.0670 e. The summed E-state index contributed by atoms with van der Waals surface area (Å²) in [5, 5.41) is 2.07. The van der Waals surface area contributed by atoms with E-state index in [0.29, 0.717) is 10.0 Å². The van der Waals surface area contributed by atoms with Crippen LogP contribution in [0.5, 0.6) is 0 Å². The van der Waals surface area contributed by atoms with Gasteiger partial charge < -0.3 is 14.5 Å². The van der Waals surface area contributed by atoms with Crippen molar-refractivity contribution in [2.24, 2.45) is 0 Å². The fourth-order valence-corrected chi connectivity index (χ4v) is 5.49. The molecule has 1 atom stereocenters. The first-order valence-corrected chi connectivity index (χ1v) is 12.8. The summed E-state index contributed by atoms with van der Waals surface area (Å²) in [5.41, 5.74) is 4.83. The first-order valence-electron chi connectivity index (χ1n) is 11.7. The molecule has 2 fully saturated rings. The molecule has 2 heterocycles. The van der Waals surface area contributed by atoms with Crippen LogP contribution in [0.4, 0.5) is 11.4 Å². The second-order valence-corrected chi connectivity index (χ2v) is 10.1. The smallest absolute Gasteiger partial charge is 0.0670 e. The molecule has 0 aliphatic carbocycles. The number of benzene rings is 3. The highest BCUT2D eigenvalue weighted by Crippen LogP contribution is 2.37. The van der Waals surface area contributed by atoms with Crippen LogP contribution in [0.15, 0.2) is 66.7 Å². The minimum atomic E-state index is 0.164. The molecule has 5 rings (SSSR count). The van der Waals surface area contributed by atoms with E-state index in [2.05, 4.69) is 51.1 Å². The lowest BCUT2D eigenvalue weighted by Crippen LogP contribution is -2.48. The molecule has 0 amide bonds. The van der Waals surface area contributed by atoms with E-state index in [-0.39, 0.29) is 6.04 Å². The minimum Gasteiger partial charge on any atom is -0.378 e. The molecule has 3 aromatic rings.